The number of anilines is 2. The Morgan fingerprint density at radius 2 is 1.97 bits per heavy atom. The molecule has 0 aliphatic carbocycles. The van der Waals surface area contributed by atoms with Gasteiger partial charge < -0.3 is 30.5 Å². The molecule has 0 spiro atoms. The lowest BCUT2D eigenvalue weighted by molar-refractivity contribution is -0.0205. The summed E-state index contributed by atoms with van der Waals surface area (Å²) in [6.45, 7) is 2.87. The van der Waals surface area contributed by atoms with E-state index in [9.17, 15) is 15.0 Å². The van der Waals surface area contributed by atoms with Gasteiger partial charge in [-0.15, -0.1) is 0 Å². The van der Waals surface area contributed by atoms with E-state index in [1.54, 1.807) is 30.5 Å². The summed E-state index contributed by atoms with van der Waals surface area (Å²) in [5, 5.41) is 26.5. The molecule has 2 saturated heterocycles. The van der Waals surface area contributed by atoms with Gasteiger partial charge >= 0.3 is 6.03 Å². The van der Waals surface area contributed by atoms with Gasteiger partial charge in [0.2, 0.25) is 0 Å². The summed E-state index contributed by atoms with van der Waals surface area (Å²) in [5.41, 5.74) is 0.581. The maximum absolute atomic E-state index is 12.3. The van der Waals surface area contributed by atoms with Crippen LogP contribution < -0.4 is 15.5 Å². The van der Waals surface area contributed by atoms with E-state index in [1.807, 2.05) is 18.2 Å². The highest BCUT2D eigenvalue weighted by atomic mass is 35.5. The Labute approximate surface area is 191 Å². The second kappa shape index (κ2) is 10.5. The van der Waals surface area contributed by atoms with Crippen LogP contribution in [0.25, 0.3) is 0 Å². The number of hydrogen-bond donors (Lipinski definition) is 4. The molecule has 2 aliphatic rings. The van der Waals surface area contributed by atoms with Gasteiger partial charge in [0.05, 0.1) is 18.8 Å². The number of pyridine rings is 1. The number of hydrogen-bond acceptors (Lipinski definition) is 7. The molecule has 2 fully saturated rings. The van der Waals surface area contributed by atoms with E-state index >= 15 is 0 Å². The van der Waals surface area contributed by atoms with Crippen LogP contribution in [0.3, 0.4) is 0 Å². The highest BCUT2D eigenvalue weighted by Crippen LogP contribution is 2.27. The van der Waals surface area contributed by atoms with Crippen LogP contribution in [0.4, 0.5) is 16.3 Å². The van der Waals surface area contributed by atoms with Gasteiger partial charge in [-0.2, -0.15) is 0 Å². The zero-order chi connectivity index (χ0) is 22.5. The van der Waals surface area contributed by atoms with Crippen molar-refractivity contribution in [1.29, 1.82) is 0 Å². The lowest BCUT2D eigenvalue weighted by Gasteiger charge is -2.40. The molecule has 1 aromatic heterocycles. The number of aliphatic hydroxyl groups is 2. The third kappa shape index (κ3) is 5.31. The van der Waals surface area contributed by atoms with Crippen molar-refractivity contribution < 1.29 is 19.7 Å². The van der Waals surface area contributed by atoms with Crippen LogP contribution in [0.1, 0.15) is 0 Å². The second-order valence-corrected chi connectivity index (χ2v) is 8.37. The van der Waals surface area contributed by atoms with Crippen molar-refractivity contribution in [3.8, 4) is 0 Å². The summed E-state index contributed by atoms with van der Waals surface area (Å²) < 4.78 is 5.89. The Morgan fingerprint density at radius 3 is 2.66 bits per heavy atom. The molecule has 2 amide bonds. The van der Waals surface area contributed by atoms with Gasteiger partial charge in [0.15, 0.2) is 0 Å². The molecule has 0 unspecified atom stereocenters. The molecular formula is C22H28ClN5O4. The maximum atomic E-state index is 12.3. The summed E-state index contributed by atoms with van der Waals surface area (Å²) in [5.74, 6) is 0.930. The first-order chi connectivity index (χ1) is 15.5. The number of nitrogens with one attached hydrogen (secondary N) is 2. The van der Waals surface area contributed by atoms with Crippen LogP contribution in [-0.4, -0.2) is 89.8 Å². The predicted molar refractivity (Wildman–Crippen MR) is 122 cm³/mol. The van der Waals surface area contributed by atoms with Crippen LogP contribution in [0.15, 0.2) is 48.7 Å². The Kier molecular flexibility index (Phi) is 7.44. The van der Waals surface area contributed by atoms with Gasteiger partial charge in [-0.1, -0.05) is 23.7 Å². The summed E-state index contributed by atoms with van der Waals surface area (Å²) >= 11 is 5.96. The minimum absolute atomic E-state index is 0.199. The fourth-order valence-corrected chi connectivity index (χ4v) is 4.51. The molecule has 9 nitrogen and oxygen atoms in total. The van der Waals surface area contributed by atoms with Gasteiger partial charge in [0, 0.05) is 49.6 Å². The number of carbonyl (C=O) groups is 1. The van der Waals surface area contributed by atoms with Crippen LogP contribution in [0.2, 0.25) is 5.02 Å². The Balaban J connectivity index is 1.35. The summed E-state index contributed by atoms with van der Waals surface area (Å²) in [4.78, 5) is 21.1. The van der Waals surface area contributed by atoms with Crippen molar-refractivity contribution in [3.05, 3.63) is 53.7 Å². The molecule has 172 valence electrons. The topological polar surface area (TPSA) is 110 Å². The molecule has 4 atom stereocenters. The number of ether oxygens (including phenoxy) is 1. The number of nitrogens with zero attached hydrogens (tertiary/aromatic N) is 3. The fourth-order valence-electron chi connectivity index (χ4n) is 4.32. The van der Waals surface area contributed by atoms with E-state index in [1.165, 1.54) is 0 Å². The highest BCUT2D eigenvalue weighted by Gasteiger charge is 2.46. The molecule has 0 radical (unpaired) electrons. The van der Waals surface area contributed by atoms with Crippen LogP contribution in [0, 0.1) is 0 Å². The van der Waals surface area contributed by atoms with Crippen molar-refractivity contribution in [3.63, 3.8) is 0 Å². The molecule has 4 rings (SSSR count). The monoisotopic (exact) mass is 461 g/mol. The molecule has 2 aliphatic heterocycles. The SMILES string of the molecule is O=C(NC[C@H]1O[C@@H](CO)[C@@H](O)[C@H]1N1CCN(c2ccccn2)CC1)Nc1cccc(Cl)c1. The van der Waals surface area contributed by atoms with Gasteiger partial charge in [-0.25, -0.2) is 9.78 Å². The molecule has 32 heavy (non-hydrogen) atoms. The number of piperazine rings is 1. The summed E-state index contributed by atoms with van der Waals surface area (Å²) in [6.07, 6.45) is -0.201. The quantitative estimate of drug-likeness (QED) is 0.511. The molecule has 0 bridgehead atoms. The Morgan fingerprint density at radius 1 is 1.16 bits per heavy atom. The molecule has 1 aromatic carbocycles. The van der Waals surface area contributed by atoms with E-state index in [0.29, 0.717) is 23.8 Å². The third-order valence-corrected chi connectivity index (χ3v) is 6.13. The first-order valence-corrected chi connectivity index (χ1v) is 11.1. The molecule has 2 aromatic rings. The van der Waals surface area contributed by atoms with Crippen molar-refractivity contribution in [2.45, 2.75) is 24.4 Å². The van der Waals surface area contributed by atoms with Crippen molar-refractivity contribution in [2.24, 2.45) is 0 Å². The predicted octanol–water partition coefficient (Wildman–Crippen LogP) is 1.17. The number of carbonyl (C=O) groups excluding carboxylic acids is 1. The van der Waals surface area contributed by atoms with Gasteiger partial charge in [0.25, 0.3) is 0 Å². The summed E-state index contributed by atoms with van der Waals surface area (Å²) in [7, 11) is 0. The minimum Gasteiger partial charge on any atom is -0.394 e. The second-order valence-electron chi connectivity index (χ2n) is 7.93. The van der Waals surface area contributed by atoms with Gasteiger partial charge in [-0.3, -0.25) is 4.90 Å². The average Bonchev–Trinajstić information content (AvgIpc) is 3.13. The maximum Gasteiger partial charge on any atom is 0.319 e. The Bertz CT molecular complexity index is 897. The van der Waals surface area contributed by atoms with E-state index < -0.39 is 24.3 Å². The number of rotatable bonds is 6. The van der Waals surface area contributed by atoms with E-state index in [4.69, 9.17) is 16.3 Å². The summed E-state index contributed by atoms with van der Waals surface area (Å²) in [6, 6.07) is 12.0. The molecule has 0 saturated carbocycles. The number of benzene rings is 1. The molecule has 3 heterocycles. The van der Waals surface area contributed by atoms with Crippen molar-refractivity contribution >= 4 is 29.1 Å². The largest absolute Gasteiger partial charge is 0.394 e. The zero-order valence-electron chi connectivity index (χ0n) is 17.6. The van der Waals surface area contributed by atoms with E-state index in [-0.39, 0.29) is 19.2 Å². The first kappa shape index (κ1) is 22.8. The third-order valence-electron chi connectivity index (χ3n) is 5.90. The Hall–Kier alpha value is -2.43. The molecule has 10 heteroatoms. The standard InChI is InChI=1S/C22H28ClN5O4/c23-15-4-3-5-16(12-15)26-22(31)25-13-17-20(21(30)18(14-29)32-17)28-10-8-27(9-11-28)19-6-1-2-7-24-19/h1-7,12,17-18,20-21,29-30H,8-11,13-14H2,(H2,25,26,31)/t17-,18+,20+,21-/m1/s1. The number of halogens is 1. The number of urea groups is 1. The molecular weight excluding hydrogens is 434 g/mol. The normalized spacial score (nSPS) is 26.2. The van der Waals surface area contributed by atoms with Crippen molar-refractivity contribution in [1.82, 2.24) is 15.2 Å². The van der Waals surface area contributed by atoms with Crippen molar-refractivity contribution in [2.75, 3.05) is 49.5 Å². The van der Waals surface area contributed by atoms with Gasteiger partial charge in [-0.05, 0) is 30.3 Å². The highest BCUT2D eigenvalue weighted by molar-refractivity contribution is 6.30. The minimum atomic E-state index is -0.843. The lowest BCUT2D eigenvalue weighted by atomic mass is 10.0. The van der Waals surface area contributed by atoms with E-state index in [2.05, 4.69) is 25.4 Å². The van der Waals surface area contributed by atoms with Gasteiger partial charge in [0.1, 0.15) is 18.0 Å². The van der Waals surface area contributed by atoms with E-state index in [0.717, 1.165) is 18.9 Å². The first-order valence-electron chi connectivity index (χ1n) is 10.7. The van der Waals surface area contributed by atoms with Crippen LogP contribution in [-0.2, 0) is 4.74 Å². The smallest absolute Gasteiger partial charge is 0.319 e. The zero-order valence-corrected chi connectivity index (χ0v) is 18.4. The number of amides is 2. The average molecular weight is 462 g/mol. The van der Waals surface area contributed by atoms with Crippen LogP contribution >= 0.6 is 11.6 Å². The number of aliphatic hydroxyl groups excluding tert-OH is 2. The lowest BCUT2D eigenvalue weighted by Crippen LogP contribution is -2.57. The fraction of sp³-hybridized carbons (Fsp3) is 0.455. The molecule has 4 N–H and O–H groups in total. The van der Waals surface area contributed by atoms with Crippen LogP contribution in [0.5, 0.6) is 0 Å². The number of aromatic nitrogens is 1.